The van der Waals surface area contributed by atoms with Gasteiger partial charge in [-0.15, -0.1) is 6.58 Å². The van der Waals surface area contributed by atoms with Crippen molar-refractivity contribution in [3.05, 3.63) is 76.4 Å². The van der Waals surface area contributed by atoms with Gasteiger partial charge < -0.3 is 15.0 Å². The largest absolute Gasteiger partial charge is 0.483 e. The van der Waals surface area contributed by atoms with Gasteiger partial charge in [0.2, 0.25) is 0 Å². The van der Waals surface area contributed by atoms with Gasteiger partial charge in [0.05, 0.1) is 6.54 Å². The number of anilines is 1. The summed E-state index contributed by atoms with van der Waals surface area (Å²) in [5.41, 5.74) is 5.07. The number of hydrogen-bond acceptors (Lipinski definition) is 2. The van der Waals surface area contributed by atoms with E-state index in [0.717, 1.165) is 29.6 Å². The van der Waals surface area contributed by atoms with Gasteiger partial charge in [-0.25, -0.2) is 0 Å². The van der Waals surface area contributed by atoms with Gasteiger partial charge in [-0.2, -0.15) is 0 Å². The van der Waals surface area contributed by atoms with Crippen LogP contribution in [0.1, 0.15) is 18.2 Å². The Kier molecular flexibility index (Phi) is 7.77. The first-order valence-electron chi connectivity index (χ1n) is 8.48. The summed E-state index contributed by atoms with van der Waals surface area (Å²) in [6.45, 7) is 6.90. The summed E-state index contributed by atoms with van der Waals surface area (Å²) in [4.78, 5) is 14.3. The standard InChI is InChI=1S/C17H14Cl2N2.C3H6.CH2O2/c18-11-1-4-13(5-2-11)21-8-7-14-15-9-12(19)3-6-16(15)20-17(14)10-21;1-3-2;2-1-3/h1-6,9,20H,7-8,10H2;3H,1H2,2H3;1H,(H,2,3). The summed E-state index contributed by atoms with van der Waals surface area (Å²) in [6, 6.07) is 14.1. The van der Waals surface area contributed by atoms with Crippen molar-refractivity contribution in [2.24, 2.45) is 0 Å². The molecule has 0 aliphatic carbocycles. The van der Waals surface area contributed by atoms with Gasteiger partial charge >= 0.3 is 0 Å². The predicted molar refractivity (Wildman–Crippen MR) is 114 cm³/mol. The maximum absolute atomic E-state index is 8.36. The zero-order valence-corrected chi connectivity index (χ0v) is 16.6. The molecule has 0 fully saturated rings. The van der Waals surface area contributed by atoms with Crippen LogP contribution in [0.4, 0.5) is 5.69 Å². The Morgan fingerprint density at radius 1 is 1.15 bits per heavy atom. The number of fused-ring (bicyclic) bond motifs is 3. The molecule has 2 aromatic carbocycles. The van der Waals surface area contributed by atoms with Crippen LogP contribution in [0.5, 0.6) is 0 Å². The van der Waals surface area contributed by atoms with Gasteiger partial charge in [0.1, 0.15) is 0 Å². The third-order valence-electron chi connectivity index (χ3n) is 4.13. The van der Waals surface area contributed by atoms with E-state index in [4.69, 9.17) is 33.1 Å². The van der Waals surface area contributed by atoms with Gasteiger partial charge in [-0.1, -0.05) is 29.3 Å². The topological polar surface area (TPSA) is 56.3 Å². The molecule has 1 aliphatic rings. The molecule has 142 valence electrons. The first-order valence-corrected chi connectivity index (χ1v) is 9.24. The number of halogens is 2. The van der Waals surface area contributed by atoms with E-state index in [0.29, 0.717) is 0 Å². The van der Waals surface area contributed by atoms with Crippen LogP contribution in [0.15, 0.2) is 55.1 Å². The van der Waals surface area contributed by atoms with Gasteiger partial charge in [0, 0.05) is 38.9 Å². The van der Waals surface area contributed by atoms with Crippen molar-refractivity contribution in [2.45, 2.75) is 19.9 Å². The van der Waals surface area contributed by atoms with Crippen LogP contribution in [0.2, 0.25) is 10.0 Å². The fourth-order valence-corrected chi connectivity index (χ4v) is 3.38. The number of H-pyrrole nitrogens is 1. The third kappa shape index (κ3) is 5.28. The van der Waals surface area contributed by atoms with E-state index < -0.39 is 0 Å². The molecule has 1 aromatic heterocycles. The molecule has 2 heterocycles. The predicted octanol–water partition coefficient (Wildman–Crippen LogP) is 5.93. The summed E-state index contributed by atoms with van der Waals surface area (Å²) in [5.74, 6) is 0. The molecule has 0 spiro atoms. The number of hydrogen-bond donors (Lipinski definition) is 2. The molecule has 0 saturated carbocycles. The van der Waals surface area contributed by atoms with Crippen molar-refractivity contribution in [3.63, 3.8) is 0 Å². The molecule has 4 nitrogen and oxygen atoms in total. The Labute approximate surface area is 169 Å². The number of aromatic nitrogens is 1. The van der Waals surface area contributed by atoms with Crippen molar-refractivity contribution < 1.29 is 9.90 Å². The number of benzene rings is 2. The zero-order chi connectivity index (χ0) is 19.8. The Morgan fingerprint density at radius 2 is 1.74 bits per heavy atom. The van der Waals surface area contributed by atoms with E-state index in [9.17, 15) is 0 Å². The molecule has 0 radical (unpaired) electrons. The van der Waals surface area contributed by atoms with Crippen LogP contribution in [-0.2, 0) is 17.8 Å². The first-order chi connectivity index (χ1) is 13.0. The van der Waals surface area contributed by atoms with E-state index in [1.165, 1.54) is 27.8 Å². The minimum Gasteiger partial charge on any atom is -0.483 e. The second kappa shape index (κ2) is 10.0. The Morgan fingerprint density at radius 3 is 2.37 bits per heavy atom. The lowest BCUT2D eigenvalue weighted by atomic mass is 10.0. The number of carbonyl (C=O) groups is 1. The minimum absolute atomic E-state index is 0.250. The molecule has 2 N–H and O–H groups in total. The summed E-state index contributed by atoms with van der Waals surface area (Å²) in [5, 5.41) is 9.72. The number of rotatable bonds is 1. The maximum atomic E-state index is 8.36. The van der Waals surface area contributed by atoms with Crippen LogP contribution in [0.25, 0.3) is 10.9 Å². The second-order valence-corrected chi connectivity index (χ2v) is 6.81. The SMILES string of the molecule is C=CC.Clc1ccc(N2CCc3c([nH]c4ccc(Cl)cc34)C2)cc1.O=CO. The Bertz CT molecular complexity index is 898. The molecule has 3 aromatic rings. The van der Waals surface area contributed by atoms with E-state index in [2.05, 4.69) is 40.7 Å². The molecule has 1 aliphatic heterocycles. The zero-order valence-electron chi connectivity index (χ0n) is 15.1. The molecular weight excluding hydrogens is 383 g/mol. The van der Waals surface area contributed by atoms with E-state index in [-0.39, 0.29) is 6.47 Å². The van der Waals surface area contributed by atoms with E-state index in [1.807, 2.05) is 25.1 Å². The molecule has 0 bridgehead atoms. The lowest BCUT2D eigenvalue weighted by Crippen LogP contribution is -2.30. The number of aromatic amines is 1. The van der Waals surface area contributed by atoms with Crippen LogP contribution in [0, 0.1) is 0 Å². The smallest absolute Gasteiger partial charge is 0.290 e. The highest BCUT2D eigenvalue weighted by atomic mass is 35.5. The van der Waals surface area contributed by atoms with E-state index in [1.54, 1.807) is 6.08 Å². The number of nitrogens with one attached hydrogen (secondary N) is 1. The van der Waals surface area contributed by atoms with Crippen LogP contribution in [0.3, 0.4) is 0 Å². The van der Waals surface area contributed by atoms with Crippen molar-refractivity contribution >= 4 is 46.3 Å². The first kappa shape index (κ1) is 20.9. The van der Waals surface area contributed by atoms with Crippen molar-refractivity contribution in [2.75, 3.05) is 11.4 Å². The molecular formula is C21H22Cl2N2O2. The summed E-state index contributed by atoms with van der Waals surface area (Å²) in [7, 11) is 0. The number of allylic oxidation sites excluding steroid dienone is 1. The van der Waals surface area contributed by atoms with Gasteiger partial charge in [-0.3, -0.25) is 4.79 Å². The molecule has 0 atom stereocenters. The molecule has 0 amide bonds. The second-order valence-electron chi connectivity index (χ2n) is 5.93. The number of nitrogens with zero attached hydrogens (tertiary/aromatic N) is 1. The van der Waals surface area contributed by atoms with Crippen molar-refractivity contribution in [1.82, 2.24) is 4.98 Å². The fraction of sp³-hybridized carbons (Fsp3) is 0.190. The Hall–Kier alpha value is -2.43. The fourth-order valence-electron chi connectivity index (χ4n) is 3.09. The monoisotopic (exact) mass is 404 g/mol. The van der Waals surface area contributed by atoms with Crippen molar-refractivity contribution in [3.8, 4) is 0 Å². The molecule has 6 heteroatoms. The molecule has 0 unspecified atom stereocenters. The van der Waals surface area contributed by atoms with Gasteiger partial charge in [0.15, 0.2) is 0 Å². The highest BCUT2D eigenvalue weighted by Gasteiger charge is 2.20. The summed E-state index contributed by atoms with van der Waals surface area (Å²) in [6.07, 6.45) is 2.78. The molecule has 0 saturated heterocycles. The maximum Gasteiger partial charge on any atom is 0.290 e. The van der Waals surface area contributed by atoms with Crippen LogP contribution in [-0.4, -0.2) is 23.1 Å². The Balaban J connectivity index is 0.000000389. The lowest BCUT2D eigenvalue weighted by Gasteiger charge is -2.29. The molecule has 27 heavy (non-hydrogen) atoms. The number of carboxylic acid groups (broad SMARTS) is 1. The van der Waals surface area contributed by atoms with Crippen LogP contribution >= 0.6 is 23.2 Å². The average Bonchev–Trinajstić information content (AvgIpc) is 3.01. The lowest BCUT2D eigenvalue weighted by molar-refractivity contribution is -0.122. The van der Waals surface area contributed by atoms with Gasteiger partial charge in [0.25, 0.3) is 6.47 Å². The minimum atomic E-state index is -0.250. The average molecular weight is 405 g/mol. The summed E-state index contributed by atoms with van der Waals surface area (Å²) >= 11 is 12.1. The quantitative estimate of drug-likeness (QED) is 0.390. The third-order valence-corrected chi connectivity index (χ3v) is 4.62. The van der Waals surface area contributed by atoms with Crippen LogP contribution < -0.4 is 4.90 Å². The van der Waals surface area contributed by atoms with E-state index >= 15 is 0 Å². The van der Waals surface area contributed by atoms with Crippen molar-refractivity contribution in [1.29, 1.82) is 0 Å². The normalized spacial score (nSPS) is 12.2. The highest BCUT2D eigenvalue weighted by Crippen LogP contribution is 2.31. The highest BCUT2D eigenvalue weighted by molar-refractivity contribution is 6.31. The molecule has 4 rings (SSSR count). The summed E-state index contributed by atoms with van der Waals surface area (Å²) < 4.78 is 0. The van der Waals surface area contributed by atoms with Gasteiger partial charge in [-0.05, 0) is 61.4 Å².